The number of fused-ring (bicyclic) bond motifs is 2. The zero-order chi connectivity index (χ0) is 17.6. The third kappa shape index (κ3) is 3.01. The van der Waals surface area contributed by atoms with Gasteiger partial charge in [0.15, 0.2) is 5.69 Å². The van der Waals surface area contributed by atoms with Crippen LogP contribution < -0.4 is 4.90 Å². The topological polar surface area (TPSA) is 54.9 Å². The monoisotopic (exact) mass is 405 g/mol. The molecular formula is C18H20BrN3O3. The largest absolute Gasteiger partial charge is 0.464 e. The molecule has 0 bridgehead atoms. The Labute approximate surface area is 154 Å². The number of aromatic nitrogens is 1. The molecule has 2 unspecified atom stereocenters. The summed E-state index contributed by atoms with van der Waals surface area (Å²) < 4.78 is 11.8. The van der Waals surface area contributed by atoms with Gasteiger partial charge in [-0.2, -0.15) is 0 Å². The van der Waals surface area contributed by atoms with E-state index in [-0.39, 0.29) is 6.10 Å². The first-order valence-electron chi connectivity index (χ1n) is 8.32. The fourth-order valence-electron chi connectivity index (χ4n) is 3.71. The first-order chi connectivity index (χ1) is 12.1. The molecule has 25 heavy (non-hydrogen) atoms. The van der Waals surface area contributed by atoms with Gasteiger partial charge in [-0.05, 0) is 31.3 Å². The van der Waals surface area contributed by atoms with E-state index in [1.54, 1.807) is 0 Å². The van der Waals surface area contributed by atoms with Crippen LogP contribution in [0.4, 0.5) is 5.69 Å². The van der Waals surface area contributed by atoms with Crippen molar-refractivity contribution in [3.63, 3.8) is 0 Å². The number of morpholine rings is 1. The van der Waals surface area contributed by atoms with Gasteiger partial charge in [0, 0.05) is 35.2 Å². The number of benzene rings is 1. The molecule has 2 aliphatic heterocycles. The normalized spacial score (nSPS) is 23.7. The molecule has 0 aliphatic carbocycles. The SMILES string of the molecule is COC(=O)c1cc(N2CC3OCCN(C)C3C2)c2cc(Br)ccc2n1. The van der Waals surface area contributed by atoms with Gasteiger partial charge in [0.2, 0.25) is 0 Å². The number of pyridine rings is 1. The van der Waals surface area contributed by atoms with E-state index in [2.05, 4.69) is 37.8 Å². The van der Waals surface area contributed by atoms with E-state index in [0.717, 1.165) is 47.3 Å². The minimum absolute atomic E-state index is 0.190. The van der Waals surface area contributed by atoms with Gasteiger partial charge in [0.05, 0.1) is 31.4 Å². The molecule has 2 aromatic rings. The van der Waals surface area contributed by atoms with Crippen LogP contribution in [0.15, 0.2) is 28.7 Å². The molecule has 0 N–H and O–H groups in total. The summed E-state index contributed by atoms with van der Waals surface area (Å²) in [6.45, 7) is 3.39. The van der Waals surface area contributed by atoms with E-state index < -0.39 is 5.97 Å². The Bertz CT molecular complexity index is 829. The van der Waals surface area contributed by atoms with E-state index in [0.29, 0.717) is 11.7 Å². The van der Waals surface area contributed by atoms with Gasteiger partial charge >= 0.3 is 5.97 Å². The Morgan fingerprint density at radius 3 is 2.96 bits per heavy atom. The van der Waals surface area contributed by atoms with Gasteiger partial charge in [-0.3, -0.25) is 4.90 Å². The zero-order valence-corrected chi connectivity index (χ0v) is 15.8. The molecule has 0 saturated carbocycles. The highest BCUT2D eigenvalue weighted by molar-refractivity contribution is 9.10. The minimum Gasteiger partial charge on any atom is -0.464 e. The average molecular weight is 406 g/mol. The number of halogens is 1. The highest BCUT2D eigenvalue weighted by Gasteiger charge is 2.39. The van der Waals surface area contributed by atoms with Crippen LogP contribution in [0.2, 0.25) is 0 Å². The van der Waals surface area contributed by atoms with Crippen LogP contribution in [0.25, 0.3) is 10.9 Å². The first-order valence-corrected chi connectivity index (χ1v) is 9.11. The fourth-order valence-corrected chi connectivity index (χ4v) is 4.07. The Morgan fingerprint density at radius 2 is 2.20 bits per heavy atom. The maximum absolute atomic E-state index is 12.0. The third-order valence-electron chi connectivity index (χ3n) is 5.06. The van der Waals surface area contributed by atoms with E-state index in [4.69, 9.17) is 9.47 Å². The summed E-state index contributed by atoms with van der Waals surface area (Å²) in [5.74, 6) is -0.420. The maximum atomic E-state index is 12.0. The number of hydrogen-bond donors (Lipinski definition) is 0. The lowest BCUT2D eigenvalue weighted by Gasteiger charge is -2.33. The number of esters is 1. The van der Waals surface area contributed by atoms with Crippen molar-refractivity contribution in [2.24, 2.45) is 0 Å². The fraction of sp³-hybridized carbons (Fsp3) is 0.444. The minimum atomic E-state index is -0.420. The maximum Gasteiger partial charge on any atom is 0.356 e. The zero-order valence-electron chi connectivity index (χ0n) is 14.2. The smallest absolute Gasteiger partial charge is 0.356 e. The average Bonchev–Trinajstić information content (AvgIpc) is 3.05. The van der Waals surface area contributed by atoms with Gasteiger partial charge in [-0.25, -0.2) is 9.78 Å². The second-order valence-corrected chi connectivity index (χ2v) is 7.46. The van der Waals surface area contributed by atoms with Crippen molar-refractivity contribution in [1.29, 1.82) is 0 Å². The Balaban J connectivity index is 1.79. The molecule has 4 rings (SSSR count). The number of anilines is 1. The summed E-state index contributed by atoms with van der Waals surface area (Å²) in [5.41, 5.74) is 2.11. The van der Waals surface area contributed by atoms with Gasteiger partial charge in [-0.15, -0.1) is 0 Å². The molecule has 0 radical (unpaired) electrons. The molecule has 1 aromatic carbocycles. The van der Waals surface area contributed by atoms with E-state index in [9.17, 15) is 4.79 Å². The number of likely N-dealkylation sites (N-methyl/N-ethyl adjacent to an activating group) is 1. The van der Waals surface area contributed by atoms with Crippen molar-refractivity contribution >= 4 is 38.5 Å². The molecule has 2 atom stereocenters. The van der Waals surface area contributed by atoms with Crippen molar-refractivity contribution < 1.29 is 14.3 Å². The summed E-state index contributed by atoms with van der Waals surface area (Å²) in [7, 11) is 3.52. The van der Waals surface area contributed by atoms with Crippen LogP contribution >= 0.6 is 15.9 Å². The lowest BCUT2D eigenvalue weighted by atomic mass is 10.1. The van der Waals surface area contributed by atoms with Crippen molar-refractivity contribution in [2.45, 2.75) is 12.1 Å². The Hall–Kier alpha value is -1.70. The number of methoxy groups -OCH3 is 1. The van der Waals surface area contributed by atoms with Gasteiger partial charge in [-0.1, -0.05) is 15.9 Å². The first kappa shape index (κ1) is 16.8. The van der Waals surface area contributed by atoms with Crippen LogP contribution in [-0.4, -0.2) is 68.4 Å². The van der Waals surface area contributed by atoms with Crippen LogP contribution in [0, 0.1) is 0 Å². The van der Waals surface area contributed by atoms with Crippen LogP contribution in [0.3, 0.4) is 0 Å². The van der Waals surface area contributed by atoms with Crippen LogP contribution in [0.1, 0.15) is 10.5 Å². The molecule has 132 valence electrons. The lowest BCUT2D eigenvalue weighted by Crippen LogP contribution is -2.48. The highest BCUT2D eigenvalue weighted by Crippen LogP contribution is 2.33. The number of ether oxygens (including phenoxy) is 2. The summed E-state index contributed by atoms with van der Waals surface area (Å²) in [4.78, 5) is 21.2. The Kier molecular flexibility index (Phi) is 4.39. The van der Waals surface area contributed by atoms with E-state index in [1.165, 1.54) is 7.11 Å². The lowest BCUT2D eigenvalue weighted by molar-refractivity contribution is -0.0362. The predicted molar refractivity (Wildman–Crippen MR) is 99.2 cm³/mol. The molecule has 2 aliphatic rings. The van der Waals surface area contributed by atoms with Crippen molar-refractivity contribution in [2.75, 3.05) is 45.3 Å². The van der Waals surface area contributed by atoms with Crippen LogP contribution in [0.5, 0.6) is 0 Å². The summed E-state index contributed by atoms with van der Waals surface area (Å²) in [6, 6.07) is 8.09. The molecule has 0 amide bonds. The number of rotatable bonds is 2. The molecule has 3 heterocycles. The van der Waals surface area contributed by atoms with Gasteiger partial charge < -0.3 is 14.4 Å². The molecule has 0 spiro atoms. The molecule has 1 aromatic heterocycles. The van der Waals surface area contributed by atoms with Crippen molar-refractivity contribution in [3.05, 3.63) is 34.4 Å². The Morgan fingerprint density at radius 1 is 1.36 bits per heavy atom. The number of hydrogen-bond acceptors (Lipinski definition) is 6. The van der Waals surface area contributed by atoms with E-state index >= 15 is 0 Å². The van der Waals surface area contributed by atoms with Crippen molar-refractivity contribution in [3.8, 4) is 0 Å². The third-order valence-corrected chi connectivity index (χ3v) is 5.56. The second-order valence-electron chi connectivity index (χ2n) is 6.54. The molecule has 2 fully saturated rings. The van der Waals surface area contributed by atoms with Gasteiger partial charge in [0.1, 0.15) is 0 Å². The second kappa shape index (κ2) is 6.55. The quantitative estimate of drug-likeness (QED) is 0.714. The summed E-state index contributed by atoms with van der Waals surface area (Å²) in [5, 5.41) is 1.02. The van der Waals surface area contributed by atoms with Crippen LogP contribution in [-0.2, 0) is 9.47 Å². The number of nitrogens with zero attached hydrogens (tertiary/aromatic N) is 3. The molecule has 7 heteroatoms. The predicted octanol–water partition coefficient (Wildman–Crippen LogP) is 2.30. The molecular weight excluding hydrogens is 386 g/mol. The van der Waals surface area contributed by atoms with E-state index in [1.807, 2.05) is 24.3 Å². The highest BCUT2D eigenvalue weighted by atomic mass is 79.9. The van der Waals surface area contributed by atoms with Crippen molar-refractivity contribution in [1.82, 2.24) is 9.88 Å². The molecule has 6 nitrogen and oxygen atoms in total. The number of carbonyl (C=O) groups excluding carboxylic acids is 1. The molecule has 2 saturated heterocycles. The number of carbonyl (C=O) groups is 1. The summed E-state index contributed by atoms with van der Waals surface area (Å²) >= 11 is 3.54. The van der Waals surface area contributed by atoms with Gasteiger partial charge in [0.25, 0.3) is 0 Å². The summed E-state index contributed by atoms with van der Waals surface area (Å²) in [6.07, 6.45) is 0.190. The standard InChI is InChI=1S/C18H20BrN3O3/c1-21-5-6-25-17-10-22(9-16(17)21)15-8-14(18(23)24-2)20-13-4-3-11(19)7-12(13)15/h3-4,7-8,16-17H,5-6,9-10H2,1-2H3.